The van der Waals surface area contributed by atoms with E-state index in [2.05, 4.69) is 10.5 Å². The summed E-state index contributed by atoms with van der Waals surface area (Å²) in [6.45, 7) is 5.20. The number of carbonyl (C=O) groups excluding carboxylic acids is 2. The van der Waals surface area contributed by atoms with Crippen LogP contribution in [0.2, 0.25) is 0 Å². The van der Waals surface area contributed by atoms with Crippen molar-refractivity contribution in [3.63, 3.8) is 0 Å². The lowest BCUT2D eigenvalue weighted by Gasteiger charge is -2.55. The summed E-state index contributed by atoms with van der Waals surface area (Å²) in [4.78, 5) is 24.0. The molecule has 1 unspecified atom stereocenters. The average Bonchev–Trinajstić information content (AvgIpc) is 2.41. The normalized spacial score (nSPS) is 39.2. The maximum absolute atomic E-state index is 12.7. The molecule has 4 fully saturated rings. The maximum atomic E-state index is 12.7. The largest absolute Gasteiger partial charge is 0.299 e. The number of rotatable bonds is 4. The molecule has 4 bridgehead atoms. The minimum absolute atomic E-state index is 0.0836. The molecule has 0 radical (unpaired) electrons. The van der Waals surface area contributed by atoms with E-state index < -0.39 is 0 Å². The van der Waals surface area contributed by atoms with Gasteiger partial charge in [0.15, 0.2) is 0 Å². The second kappa shape index (κ2) is 5.22. The SMILES string of the molecule is CC(=O)C(C)/C(C)=N/NC(=O)C12CC3CC(CC(C3)C1)C2. The van der Waals surface area contributed by atoms with Crippen LogP contribution < -0.4 is 5.43 Å². The van der Waals surface area contributed by atoms with Gasteiger partial charge in [-0.1, -0.05) is 6.92 Å². The van der Waals surface area contributed by atoms with Gasteiger partial charge in [-0.3, -0.25) is 9.59 Å². The maximum Gasteiger partial charge on any atom is 0.246 e. The van der Waals surface area contributed by atoms with Gasteiger partial charge in [0.05, 0.1) is 11.3 Å². The van der Waals surface area contributed by atoms with E-state index in [1.54, 1.807) is 6.92 Å². The summed E-state index contributed by atoms with van der Waals surface area (Å²) in [5.41, 5.74) is 3.30. The molecular formula is C17H26N2O2. The molecule has 4 aliphatic rings. The number of nitrogens with one attached hydrogen (secondary N) is 1. The minimum Gasteiger partial charge on any atom is -0.299 e. The van der Waals surface area contributed by atoms with Gasteiger partial charge in [0.2, 0.25) is 5.91 Å². The van der Waals surface area contributed by atoms with Crippen LogP contribution in [0.4, 0.5) is 0 Å². The fraction of sp³-hybridized carbons (Fsp3) is 0.824. The Kier molecular flexibility index (Phi) is 3.66. The Labute approximate surface area is 126 Å². The fourth-order valence-corrected chi connectivity index (χ4v) is 5.04. The lowest BCUT2D eigenvalue weighted by atomic mass is 9.49. The topological polar surface area (TPSA) is 58.5 Å². The first-order valence-corrected chi connectivity index (χ1v) is 8.25. The van der Waals surface area contributed by atoms with Gasteiger partial charge in [-0.25, -0.2) is 5.43 Å². The third-order valence-corrected chi connectivity index (χ3v) is 6.09. The van der Waals surface area contributed by atoms with Crippen LogP contribution in [0, 0.1) is 29.1 Å². The van der Waals surface area contributed by atoms with Gasteiger partial charge >= 0.3 is 0 Å². The quantitative estimate of drug-likeness (QED) is 0.639. The van der Waals surface area contributed by atoms with E-state index in [0.717, 1.165) is 37.0 Å². The molecule has 4 nitrogen and oxygen atoms in total. The first-order chi connectivity index (χ1) is 9.89. The Hall–Kier alpha value is -1.19. The number of hydrogen-bond acceptors (Lipinski definition) is 3. The number of carbonyl (C=O) groups is 2. The van der Waals surface area contributed by atoms with Crippen LogP contribution in [0.1, 0.15) is 59.3 Å². The van der Waals surface area contributed by atoms with Crippen molar-refractivity contribution in [1.82, 2.24) is 5.43 Å². The predicted octanol–water partition coefficient (Wildman–Crippen LogP) is 2.92. The zero-order chi connectivity index (χ0) is 15.2. The Morgan fingerprint density at radius 2 is 1.52 bits per heavy atom. The summed E-state index contributed by atoms with van der Waals surface area (Å²) in [6, 6.07) is 0. The van der Waals surface area contributed by atoms with Crippen LogP contribution in [0.25, 0.3) is 0 Å². The van der Waals surface area contributed by atoms with E-state index in [9.17, 15) is 9.59 Å². The summed E-state index contributed by atoms with van der Waals surface area (Å²) in [6.07, 6.45) is 7.12. The van der Waals surface area contributed by atoms with Gasteiger partial charge in [0.25, 0.3) is 0 Å². The van der Waals surface area contributed by atoms with Crippen molar-refractivity contribution in [1.29, 1.82) is 0 Å². The second-order valence-corrected chi connectivity index (χ2v) is 7.72. The number of amides is 1. The van der Waals surface area contributed by atoms with Gasteiger partial charge < -0.3 is 0 Å². The predicted molar refractivity (Wildman–Crippen MR) is 81.7 cm³/mol. The van der Waals surface area contributed by atoms with E-state index in [1.165, 1.54) is 19.3 Å². The Morgan fingerprint density at radius 3 is 1.95 bits per heavy atom. The summed E-state index contributed by atoms with van der Waals surface area (Å²) < 4.78 is 0. The number of Topliss-reactive ketones (excluding diaryl/α,β-unsaturated/α-hetero) is 1. The van der Waals surface area contributed by atoms with Crippen LogP contribution >= 0.6 is 0 Å². The molecule has 21 heavy (non-hydrogen) atoms. The molecule has 0 saturated heterocycles. The first kappa shape index (κ1) is 14.7. The fourth-order valence-electron chi connectivity index (χ4n) is 5.04. The molecular weight excluding hydrogens is 264 g/mol. The molecule has 1 atom stereocenters. The molecule has 4 saturated carbocycles. The second-order valence-electron chi connectivity index (χ2n) is 7.72. The Morgan fingerprint density at radius 1 is 1.05 bits per heavy atom. The van der Waals surface area contributed by atoms with Gasteiger partial charge in [0, 0.05) is 5.71 Å². The highest BCUT2D eigenvalue weighted by molar-refractivity contribution is 6.03. The lowest BCUT2D eigenvalue weighted by molar-refractivity contribution is -0.146. The van der Waals surface area contributed by atoms with E-state index in [4.69, 9.17) is 0 Å². The van der Waals surface area contributed by atoms with Crippen molar-refractivity contribution in [2.75, 3.05) is 0 Å². The van der Waals surface area contributed by atoms with Crippen LogP contribution in [-0.4, -0.2) is 17.4 Å². The molecule has 0 aliphatic heterocycles. The third-order valence-electron chi connectivity index (χ3n) is 6.09. The van der Waals surface area contributed by atoms with Gasteiger partial charge in [-0.2, -0.15) is 5.10 Å². The highest BCUT2D eigenvalue weighted by atomic mass is 16.2. The number of nitrogens with zero attached hydrogens (tertiary/aromatic N) is 1. The lowest BCUT2D eigenvalue weighted by Crippen LogP contribution is -2.53. The number of hydrogen-bond donors (Lipinski definition) is 1. The van der Waals surface area contributed by atoms with Crippen LogP contribution in [0.15, 0.2) is 5.10 Å². The Balaban J connectivity index is 1.68. The van der Waals surface area contributed by atoms with Crippen molar-refractivity contribution in [2.24, 2.45) is 34.2 Å². The summed E-state index contributed by atoms with van der Waals surface area (Å²) in [5.74, 6) is 2.22. The monoisotopic (exact) mass is 290 g/mol. The number of ketones is 1. The summed E-state index contributed by atoms with van der Waals surface area (Å²) in [7, 11) is 0. The molecule has 0 aromatic rings. The zero-order valence-corrected chi connectivity index (χ0v) is 13.3. The van der Waals surface area contributed by atoms with E-state index in [-0.39, 0.29) is 23.0 Å². The average molecular weight is 290 g/mol. The summed E-state index contributed by atoms with van der Waals surface area (Å²) in [5, 5.41) is 4.20. The van der Waals surface area contributed by atoms with Crippen molar-refractivity contribution in [2.45, 2.75) is 59.3 Å². The van der Waals surface area contributed by atoms with E-state index in [1.807, 2.05) is 13.8 Å². The highest BCUT2D eigenvalue weighted by Gasteiger charge is 2.54. The molecule has 0 spiro atoms. The molecule has 4 heteroatoms. The minimum atomic E-state index is -0.221. The van der Waals surface area contributed by atoms with Gasteiger partial charge in [0.1, 0.15) is 5.78 Å². The molecule has 0 aromatic heterocycles. The standard InChI is InChI=1S/C17H26N2O2/c1-10(12(3)20)11(2)18-19-16(21)17-7-13-4-14(8-17)6-15(5-13)9-17/h10,13-15H,4-9H2,1-3H3,(H,19,21)/b18-11+. The van der Waals surface area contributed by atoms with Crippen LogP contribution in [0.5, 0.6) is 0 Å². The van der Waals surface area contributed by atoms with Crippen LogP contribution in [0.3, 0.4) is 0 Å². The first-order valence-electron chi connectivity index (χ1n) is 8.25. The van der Waals surface area contributed by atoms with E-state index in [0.29, 0.717) is 5.71 Å². The molecule has 1 amide bonds. The Bertz CT molecular complexity index is 460. The van der Waals surface area contributed by atoms with Crippen molar-refractivity contribution < 1.29 is 9.59 Å². The molecule has 4 aliphatic carbocycles. The molecule has 1 N–H and O–H groups in total. The molecule has 116 valence electrons. The molecule has 0 heterocycles. The van der Waals surface area contributed by atoms with Crippen molar-refractivity contribution >= 4 is 17.4 Å². The molecule has 4 rings (SSSR count). The van der Waals surface area contributed by atoms with E-state index >= 15 is 0 Å². The smallest absolute Gasteiger partial charge is 0.246 e. The summed E-state index contributed by atoms with van der Waals surface area (Å²) >= 11 is 0. The molecule has 0 aromatic carbocycles. The highest BCUT2D eigenvalue weighted by Crippen LogP contribution is 2.60. The van der Waals surface area contributed by atoms with Crippen molar-refractivity contribution in [3.8, 4) is 0 Å². The van der Waals surface area contributed by atoms with Gasteiger partial charge in [-0.05, 0) is 70.1 Å². The van der Waals surface area contributed by atoms with Gasteiger partial charge in [-0.15, -0.1) is 0 Å². The zero-order valence-electron chi connectivity index (χ0n) is 13.3. The third kappa shape index (κ3) is 2.65. The van der Waals surface area contributed by atoms with Crippen LogP contribution in [-0.2, 0) is 9.59 Å². The van der Waals surface area contributed by atoms with Crippen molar-refractivity contribution in [3.05, 3.63) is 0 Å². The number of hydrazone groups is 1.